The maximum atomic E-state index is 12.2. The predicted molar refractivity (Wildman–Crippen MR) is 87.4 cm³/mol. The SMILES string of the molecule is C[C@@H](Cc1c(Cl)cccc1Cl)NC(=O)N1CCNC(=O)CC1. The Morgan fingerprint density at radius 3 is 2.73 bits per heavy atom. The van der Waals surface area contributed by atoms with Gasteiger partial charge >= 0.3 is 6.03 Å². The Labute approximate surface area is 139 Å². The molecule has 5 nitrogen and oxygen atoms in total. The molecule has 0 bridgehead atoms. The highest BCUT2D eigenvalue weighted by atomic mass is 35.5. The third kappa shape index (κ3) is 4.52. The monoisotopic (exact) mass is 343 g/mol. The average Bonchev–Trinajstić information content (AvgIpc) is 2.68. The number of hydrogen-bond donors (Lipinski definition) is 2. The van der Waals surface area contributed by atoms with E-state index in [0.29, 0.717) is 42.5 Å². The lowest BCUT2D eigenvalue weighted by atomic mass is 10.1. The number of amides is 3. The lowest BCUT2D eigenvalue weighted by molar-refractivity contribution is -0.120. The molecule has 22 heavy (non-hydrogen) atoms. The molecule has 120 valence electrons. The second kappa shape index (κ2) is 7.70. The van der Waals surface area contributed by atoms with Gasteiger partial charge in [-0.25, -0.2) is 4.79 Å². The van der Waals surface area contributed by atoms with Crippen molar-refractivity contribution in [2.75, 3.05) is 19.6 Å². The van der Waals surface area contributed by atoms with E-state index >= 15 is 0 Å². The van der Waals surface area contributed by atoms with E-state index < -0.39 is 0 Å². The topological polar surface area (TPSA) is 61.4 Å². The van der Waals surface area contributed by atoms with E-state index in [1.807, 2.05) is 6.92 Å². The number of rotatable bonds is 3. The van der Waals surface area contributed by atoms with Crippen LogP contribution in [0.4, 0.5) is 4.79 Å². The van der Waals surface area contributed by atoms with Crippen LogP contribution in [0.25, 0.3) is 0 Å². The van der Waals surface area contributed by atoms with Gasteiger partial charge in [0.15, 0.2) is 0 Å². The molecule has 7 heteroatoms. The minimum absolute atomic E-state index is 0.0220. The van der Waals surface area contributed by atoms with Gasteiger partial charge in [-0.1, -0.05) is 29.3 Å². The highest BCUT2D eigenvalue weighted by Crippen LogP contribution is 2.25. The summed E-state index contributed by atoms with van der Waals surface area (Å²) in [5.74, 6) is -0.0220. The van der Waals surface area contributed by atoms with Crippen molar-refractivity contribution in [1.82, 2.24) is 15.5 Å². The van der Waals surface area contributed by atoms with Gasteiger partial charge < -0.3 is 15.5 Å². The van der Waals surface area contributed by atoms with Crippen LogP contribution in [0.15, 0.2) is 18.2 Å². The van der Waals surface area contributed by atoms with Crippen molar-refractivity contribution in [2.24, 2.45) is 0 Å². The van der Waals surface area contributed by atoms with Crippen LogP contribution in [0.5, 0.6) is 0 Å². The molecule has 0 radical (unpaired) electrons. The lowest BCUT2D eigenvalue weighted by Gasteiger charge is -2.23. The molecule has 0 unspecified atom stereocenters. The molecule has 1 fully saturated rings. The Morgan fingerprint density at radius 1 is 1.36 bits per heavy atom. The number of halogens is 2. The molecule has 1 atom stereocenters. The largest absolute Gasteiger partial charge is 0.354 e. The zero-order valence-corrected chi connectivity index (χ0v) is 13.9. The van der Waals surface area contributed by atoms with Crippen LogP contribution in [0.2, 0.25) is 10.0 Å². The van der Waals surface area contributed by atoms with Gasteiger partial charge in [-0.2, -0.15) is 0 Å². The number of nitrogens with one attached hydrogen (secondary N) is 2. The molecule has 0 aliphatic carbocycles. The van der Waals surface area contributed by atoms with Crippen molar-refractivity contribution < 1.29 is 9.59 Å². The smallest absolute Gasteiger partial charge is 0.317 e. The summed E-state index contributed by atoms with van der Waals surface area (Å²) in [7, 11) is 0. The van der Waals surface area contributed by atoms with Crippen LogP contribution in [0, 0.1) is 0 Å². The van der Waals surface area contributed by atoms with Crippen molar-refractivity contribution in [1.29, 1.82) is 0 Å². The van der Waals surface area contributed by atoms with E-state index in [2.05, 4.69) is 10.6 Å². The van der Waals surface area contributed by atoms with Crippen molar-refractivity contribution >= 4 is 35.1 Å². The van der Waals surface area contributed by atoms with Gasteiger partial charge in [-0.15, -0.1) is 0 Å². The second-order valence-electron chi connectivity index (χ2n) is 5.34. The van der Waals surface area contributed by atoms with E-state index in [4.69, 9.17) is 23.2 Å². The minimum atomic E-state index is -0.174. The van der Waals surface area contributed by atoms with Crippen LogP contribution in [-0.4, -0.2) is 42.5 Å². The zero-order chi connectivity index (χ0) is 16.1. The Balaban J connectivity index is 1.92. The van der Waals surface area contributed by atoms with Gasteiger partial charge in [-0.3, -0.25) is 4.79 Å². The van der Waals surface area contributed by atoms with Gasteiger partial charge in [0.05, 0.1) is 0 Å². The van der Waals surface area contributed by atoms with Crippen LogP contribution >= 0.6 is 23.2 Å². The fraction of sp³-hybridized carbons (Fsp3) is 0.467. The van der Waals surface area contributed by atoms with E-state index in [9.17, 15) is 9.59 Å². The summed E-state index contributed by atoms with van der Waals surface area (Å²) in [5.41, 5.74) is 0.825. The van der Waals surface area contributed by atoms with Crippen molar-refractivity contribution in [3.63, 3.8) is 0 Å². The molecule has 1 saturated heterocycles. The summed E-state index contributed by atoms with van der Waals surface area (Å²) in [4.78, 5) is 25.2. The van der Waals surface area contributed by atoms with E-state index in [1.165, 1.54) is 0 Å². The van der Waals surface area contributed by atoms with E-state index in [-0.39, 0.29) is 18.0 Å². The molecule has 0 aromatic heterocycles. The van der Waals surface area contributed by atoms with E-state index in [1.54, 1.807) is 23.1 Å². The lowest BCUT2D eigenvalue weighted by Crippen LogP contribution is -2.45. The number of carbonyl (C=O) groups is 2. The summed E-state index contributed by atoms with van der Waals surface area (Å²) >= 11 is 12.3. The number of nitrogens with zero attached hydrogens (tertiary/aromatic N) is 1. The molecule has 1 heterocycles. The average molecular weight is 344 g/mol. The van der Waals surface area contributed by atoms with Crippen LogP contribution < -0.4 is 10.6 Å². The van der Waals surface area contributed by atoms with Crippen LogP contribution in [0.3, 0.4) is 0 Å². The maximum Gasteiger partial charge on any atom is 0.317 e. The Bertz CT molecular complexity index is 545. The highest BCUT2D eigenvalue weighted by Gasteiger charge is 2.20. The first-order valence-corrected chi connectivity index (χ1v) is 7.98. The van der Waals surface area contributed by atoms with Crippen LogP contribution in [-0.2, 0) is 11.2 Å². The standard InChI is InChI=1S/C15H19Cl2N3O2/c1-10(9-11-12(16)3-2-4-13(11)17)19-15(22)20-7-5-14(21)18-6-8-20/h2-4,10H,5-9H2,1H3,(H,18,21)(H,19,22)/t10-/m0/s1. The summed E-state index contributed by atoms with van der Waals surface area (Å²) in [6, 6.07) is 5.06. The van der Waals surface area contributed by atoms with Gasteiger partial charge in [0.1, 0.15) is 0 Å². The molecule has 2 N–H and O–H groups in total. The van der Waals surface area contributed by atoms with Crippen molar-refractivity contribution in [3.05, 3.63) is 33.8 Å². The third-order valence-electron chi connectivity index (χ3n) is 3.54. The summed E-state index contributed by atoms with van der Waals surface area (Å²) < 4.78 is 0. The van der Waals surface area contributed by atoms with Gasteiger partial charge in [-0.05, 0) is 31.0 Å². The normalized spacial score (nSPS) is 16.7. The Morgan fingerprint density at radius 2 is 2.05 bits per heavy atom. The number of carbonyl (C=O) groups excluding carboxylic acids is 2. The molecule has 1 aliphatic heterocycles. The fourth-order valence-electron chi connectivity index (χ4n) is 2.36. The summed E-state index contributed by atoms with van der Waals surface area (Å²) in [6.45, 7) is 3.32. The maximum absolute atomic E-state index is 12.2. The number of urea groups is 1. The third-order valence-corrected chi connectivity index (χ3v) is 4.25. The van der Waals surface area contributed by atoms with Crippen LogP contribution in [0.1, 0.15) is 18.9 Å². The van der Waals surface area contributed by atoms with Crippen molar-refractivity contribution in [3.8, 4) is 0 Å². The first-order chi connectivity index (χ1) is 10.5. The molecule has 2 rings (SSSR count). The highest BCUT2D eigenvalue weighted by molar-refractivity contribution is 6.36. The molecular formula is C15H19Cl2N3O2. The van der Waals surface area contributed by atoms with Gasteiger partial charge in [0.2, 0.25) is 5.91 Å². The predicted octanol–water partition coefficient (Wildman–Crippen LogP) is 2.46. The molecule has 1 aromatic rings. The minimum Gasteiger partial charge on any atom is -0.354 e. The molecule has 0 saturated carbocycles. The molecule has 3 amide bonds. The van der Waals surface area contributed by atoms with Crippen molar-refractivity contribution in [2.45, 2.75) is 25.8 Å². The number of benzene rings is 1. The Kier molecular flexibility index (Phi) is 5.91. The number of hydrogen-bond acceptors (Lipinski definition) is 2. The molecular weight excluding hydrogens is 325 g/mol. The quantitative estimate of drug-likeness (QED) is 0.885. The second-order valence-corrected chi connectivity index (χ2v) is 6.16. The zero-order valence-electron chi connectivity index (χ0n) is 12.4. The fourth-order valence-corrected chi connectivity index (χ4v) is 2.91. The molecule has 1 aliphatic rings. The molecule has 0 spiro atoms. The first-order valence-electron chi connectivity index (χ1n) is 7.22. The first kappa shape index (κ1) is 16.9. The van der Waals surface area contributed by atoms with Gasteiger partial charge in [0, 0.05) is 42.1 Å². The van der Waals surface area contributed by atoms with E-state index in [0.717, 1.165) is 5.56 Å². The summed E-state index contributed by atoms with van der Waals surface area (Å²) in [6.07, 6.45) is 0.882. The Hall–Kier alpha value is -1.46. The molecule has 1 aromatic carbocycles. The van der Waals surface area contributed by atoms with Gasteiger partial charge in [0.25, 0.3) is 0 Å². The summed E-state index contributed by atoms with van der Waals surface area (Å²) in [5, 5.41) is 6.86.